The van der Waals surface area contributed by atoms with Crippen molar-refractivity contribution in [3.05, 3.63) is 81.8 Å². The van der Waals surface area contributed by atoms with Crippen LogP contribution in [0.1, 0.15) is 54.7 Å². The molecular weight excluding hydrogens is 519 g/mol. The van der Waals surface area contributed by atoms with Gasteiger partial charge in [-0.15, -0.1) is 0 Å². The number of halogens is 1. The van der Waals surface area contributed by atoms with Gasteiger partial charge in [0.1, 0.15) is 11.5 Å². The van der Waals surface area contributed by atoms with Crippen molar-refractivity contribution in [2.24, 2.45) is 0 Å². The molecule has 0 amide bonds. The lowest BCUT2D eigenvalue weighted by Gasteiger charge is -2.36. The second-order valence-electron chi connectivity index (χ2n) is 11.5. The molecule has 2 unspecified atom stereocenters. The van der Waals surface area contributed by atoms with Gasteiger partial charge in [-0.05, 0) is 86.0 Å². The van der Waals surface area contributed by atoms with Crippen molar-refractivity contribution < 1.29 is 4.39 Å². The second-order valence-corrected chi connectivity index (χ2v) is 11.5. The molecule has 2 atom stereocenters. The fraction of sp³-hybridized carbons (Fsp3) is 0.419. The summed E-state index contributed by atoms with van der Waals surface area (Å²) >= 11 is 0. The summed E-state index contributed by atoms with van der Waals surface area (Å²) in [5.41, 5.74) is 4.78. The molecule has 212 valence electrons. The number of benzene rings is 1. The Morgan fingerprint density at radius 3 is 2.68 bits per heavy atom. The highest BCUT2D eigenvalue weighted by Gasteiger charge is 2.29. The third kappa shape index (κ3) is 5.17. The van der Waals surface area contributed by atoms with Crippen LogP contribution < -0.4 is 26.4 Å². The Morgan fingerprint density at radius 1 is 1.02 bits per heavy atom. The zero-order valence-electron chi connectivity index (χ0n) is 23.2. The smallest absolute Gasteiger partial charge is 0.256 e. The number of fused-ring (bicyclic) bond motifs is 1. The summed E-state index contributed by atoms with van der Waals surface area (Å²) in [6.07, 6.45) is 8.58. The summed E-state index contributed by atoms with van der Waals surface area (Å²) in [5, 5.41) is 10.8. The van der Waals surface area contributed by atoms with E-state index in [-0.39, 0.29) is 17.4 Å². The van der Waals surface area contributed by atoms with Crippen LogP contribution in [0.3, 0.4) is 0 Å². The third-order valence-electron chi connectivity index (χ3n) is 8.66. The third-order valence-corrected chi connectivity index (χ3v) is 8.66. The minimum absolute atomic E-state index is 0.00969. The molecule has 1 aliphatic carbocycles. The number of piperazine rings is 1. The highest BCUT2D eigenvalue weighted by molar-refractivity contribution is 5.77. The van der Waals surface area contributed by atoms with Crippen LogP contribution in [0.4, 0.5) is 21.7 Å². The first-order chi connectivity index (χ1) is 20.0. The Kier molecular flexibility index (Phi) is 6.88. The largest absolute Gasteiger partial charge is 0.364 e. The second kappa shape index (κ2) is 10.8. The van der Waals surface area contributed by atoms with Crippen LogP contribution >= 0.6 is 0 Å². The molecule has 10 heteroatoms. The first-order valence-electron chi connectivity index (χ1n) is 14.6. The first kappa shape index (κ1) is 26.0. The molecule has 3 N–H and O–H groups in total. The molecule has 9 nitrogen and oxygen atoms in total. The number of hydrogen-bond donors (Lipinski definition) is 3. The van der Waals surface area contributed by atoms with Crippen LogP contribution in [-0.2, 0) is 6.54 Å². The molecule has 5 heterocycles. The zero-order valence-corrected chi connectivity index (χ0v) is 23.2. The van der Waals surface area contributed by atoms with Gasteiger partial charge in [-0.25, -0.2) is 9.37 Å². The maximum absolute atomic E-state index is 15.2. The normalized spacial score (nSPS) is 21.0. The van der Waals surface area contributed by atoms with Gasteiger partial charge in [0.05, 0.1) is 12.2 Å². The van der Waals surface area contributed by atoms with Crippen LogP contribution in [0, 0.1) is 5.82 Å². The topological polar surface area (TPSA) is 100 Å². The van der Waals surface area contributed by atoms with Crippen molar-refractivity contribution in [3.63, 3.8) is 0 Å². The average molecular weight is 555 g/mol. The minimum atomic E-state index is -0.291. The highest BCUT2D eigenvalue weighted by Crippen LogP contribution is 2.39. The maximum atomic E-state index is 15.2. The average Bonchev–Trinajstić information content (AvgIpc) is 3.68. The summed E-state index contributed by atoms with van der Waals surface area (Å²) < 4.78 is 17.0. The van der Waals surface area contributed by atoms with E-state index in [1.54, 1.807) is 16.8 Å². The van der Waals surface area contributed by atoms with Gasteiger partial charge >= 0.3 is 0 Å². The van der Waals surface area contributed by atoms with Gasteiger partial charge in [0.15, 0.2) is 0 Å². The predicted molar refractivity (Wildman–Crippen MR) is 159 cm³/mol. The van der Waals surface area contributed by atoms with E-state index in [1.165, 1.54) is 11.6 Å². The van der Waals surface area contributed by atoms with E-state index in [2.05, 4.69) is 43.8 Å². The van der Waals surface area contributed by atoms with Gasteiger partial charge in [0, 0.05) is 67.4 Å². The standard InChI is InChI=1S/C31H35FN8O/c1-19-14-35-10-11-39(19)28-5-4-24(13-27(28)32)37-31-36-17-22-12-26(20-2-3-20)30(41)40(29(22)38-31)18-23-16-34-9-7-25(23)21-6-8-33-15-21/h4-5,7,9,12-13,16-17,19-21,33,35H,2-3,6,8,10-11,14-15,18H2,1H3,(H,36,37,38). The Hall–Kier alpha value is -3.89. The van der Waals surface area contributed by atoms with E-state index in [1.807, 2.05) is 24.5 Å². The summed E-state index contributed by atoms with van der Waals surface area (Å²) in [4.78, 5) is 29.6. The molecule has 2 aliphatic heterocycles. The molecular formula is C31H35FN8O. The molecule has 0 spiro atoms. The van der Waals surface area contributed by atoms with Gasteiger partial charge in [0.25, 0.3) is 5.56 Å². The van der Waals surface area contributed by atoms with Gasteiger partial charge in [-0.1, -0.05) is 0 Å². The SMILES string of the molecule is CC1CNCCN1c1ccc(Nc2ncc3cc(C4CC4)c(=O)n(Cc4cnccc4C4CCNC4)c3n2)cc1F. The van der Waals surface area contributed by atoms with E-state index < -0.39 is 0 Å². The zero-order chi connectivity index (χ0) is 27.9. The van der Waals surface area contributed by atoms with Crippen LogP contribution in [0.2, 0.25) is 0 Å². The quantitative estimate of drug-likeness (QED) is 0.317. The lowest BCUT2D eigenvalue weighted by Crippen LogP contribution is -2.50. The first-order valence-corrected chi connectivity index (χ1v) is 14.6. The molecule has 3 aromatic heterocycles. The van der Waals surface area contributed by atoms with Crippen LogP contribution in [0.15, 0.2) is 53.7 Å². The molecule has 7 rings (SSSR count). The van der Waals surface area contributed by atoms with Gasteiger partial charge in [-0.3, -0.25) is 14.3 Å². The van der Waals surface area contributed by atoms with Gasteiger partial charge < -0.3 is 20.9 Å². The Labute approximate surface area is 238 Å². The molecule has 2 saturated heterocycles. The molecule has 1 aromatic carbocycles. The van der Waals surface area contributed by atoms with Crippen molar-refractivity contribution in [3.8, 4) is 0 Å². The summed E-state index contributed by atoms with van der Waals surface area (Å²) in [6.45, 7) is 6.81. The predicted octanol–water partition coefficient (Wildman–Crippen LogP) is 3.87. The molecule has 4 aromatic rings. The van der Waals surface area contributed by atoms with Crippen LogP contribution in [0.5, 0.6) is 0 Å². The van der Waals surface area contributed by atoms with E-state index in [0.717, 1.165) is 68.5 Å². The molecule has 0 bridgehead atoms. The number of anilines is 3. The lowest BCUT2D eigenvalue weighted by atomic mass is 9.95. The van der Waals surface area contributed by atoms with E-state index >= 15 is 4.39 Å². The molecule has 0 radical (unpaired) electrons. The number of pyridine rings is 2. The number of aromatic nitrogens is 4. The number of rotatable bonds is 7. The van der Waals surface area contributed by atoms with Crippen molar-refractivity contribution in [1.82, 2.24) is 30.2 Å². The van der Waals surface area contributed by atoms with E-state index in [0.29, 0.717) is 41.4 Å². The Balaban J connectivity index is 1.23. The van der Waals surface area contributed by atoms with Crippen LogP contribution in [0.25, 0.3) is 11.0 Å². The van der Waals surface area contributed by atoms with Crippen LogP contribution in [-0.4, -0.2) is 58.3 Å². The summed E-state index contributed by atoms with van der Waals surface area (Å²) in [7, 11) is 0. The minimum Gasteiger partial charge on any atom is -0.364 e. The van der Waals surface area contributed by atoms with E-state index in [9.17, 15) is 4.79 Å². The maximum Gasteiger partial charge on any atom is 0.256 e. The number of nitrogens with one attached hydrogen (secondary N) is 3. The van der Waals surface area contributed by atoms with Crippen molar-refractivity contribution >= 4 is 28.4 Å². The monoisotopic (exact) mass is 554 g/mol. The van der Waals surface area contributed by atoms with E-state index in [4.69, 9.17) is 4.98 Å². The van der Waals surface area contributed by atoms with Crippen molar-refractivity contribution in [2.45, 2.75) is 50.6 Å². The van der Waals surface area contributed by atoms with Gasteiger partial charge in [0.2, 0.25) is 5.95 Å². The Bertz CT molecular complexity index is 1650. The molecule has 41 heavy (non-hydrogen) atoms. The summed E-state index contributed by atoms with van der Waals surface area (Å²) in [6, 6.07) is 9.37. The summed E-state index contributed by atoms with van der Waals surface area (Å²) in [5.74, 6) is 0.721. The molecule has 3 fully saturated rings. The lowest BCUT2D eigenvalue weighted by molar-refractivity contribution is 0.491. The molecule has 3 aliphatic rings. The number of hydrogen-bond acceptors (Lipinski definition) is 8. The van der Waals surface area contributed by atoms with Gasteiger partial charge in [-0.2, -0.15) is 4.98 Å². The van der Waals surface area contributed by atoms with Crippen molar-refractivity contribution in [1.29, 1.82) is 0 Å². The fourth-order valence-electron chi connectivity index (χ4n) is 6.28. The Morgan fingerprint density at radius 2 is 1.90 bits per heavy atom. The molecule has 1 saturated carbocycles. The van der Waals surface area contributed by atoms with Crippen molar-refractivity contribution in [2.75, 3.05) is 42.9 Å². The highest BCUT2D eigenvalue weighted by atomic mass is 19.1. The number of nitrogens with zero attached hydrogens (tertiary/aromatic N) is 5. The fourth-order valence-corrected chi connectivity index (χ4v) is 6.28.